The number of amides is 1. The van der Waals surface area contributed by atoms with Crippen LogP contribution in [0.4, 0.5) is 0 Å². The maximum atomic E-state index is 11.8. The van der Waals surface area contributed by atoms with E-state index in [1.54, 1.807) is 0 Å². The molecule has 0 aliphatic rings. The highest BCUT2D eigenvalue weighted by Gasteiger charge is 2.12. The Labute approximate surface area is 112 Å². The molecule has 0 aliphatic carbocycles. The van der Waals surface area contributed by atoms with Crippen LogP contribution >= 0.6 is 0 Å². The second-order valence-corrected chi connectivity index (χ2v) is 5.49. The van der Waals surface area contributed by atoms with E-state index in [0.717, 1.165) is 0 Å². The van der Waals surface area contributed by atoms with Crippen LogP contribution in [0.2, 0.25) is 0 Å². The van der Waals surface area contributed by atoms with Gasteiger partial charge in [-0.15, -0.1) is 0 Å². The van der Waals surface area contributed by atoms with Crippen molar-refractivity contribution in [3.8, 4) is 5.75 Å². The van der Waals surface area contributed by atoms with E-state index >= 15 is 0 Å². The van der Waals surface area contributed by atoms with Crippen LogP contribution in [0.3, 0.4) is 0 Å². The number of hydrazine groups is 1. The molecule has 0 saturated carbocycles. The summed E-state index contributed by atoms with van der Waals surface area (Å²) in [6.45, 7) is 2.04. The molecule has 0 spiro atoms. The zero-order valence-electron chi connectivity index (χ0n) is 10.5. The van der Waals surface area contributed by atoms with Gasteiger partial charge in [0.15, 0.2) is 6.61 Å². The summed E-state index contributed by atoms with van der Waals surface area (Å²) in [6.07, 6.45) is 0.717. The number of hydrogen-bond donors (Lipinski definition) is 3. The Kier molecular flexibility index (Phi) is 5.74. The van der Waals surface area contributed by atoms with Gasteiger partial charge in [0.25, 0.3) is 5.91 Å². The van der Waals surface area contributed by atoms with Crippen LogP contribution in [0.25, 0.3) is 0 Å². The Morgan fingerprint density at radius 3 is 2.47 bits per heavy atom. The summed E-state index contributed by atoms with van der Waals surface area (Å²) in [6, 6.07) is 5.77. The normalized spacial score (nSPS) is 11.1. The molecule has 0 radical (unpaired) electrons. The maximum absolute atomic E-state index is 11.8. The number of benzene rings is 1. The highest BCUT2D eigenvalue weighted by molar-refractivity contribution is 7.89. The number of rotatable bonds is 7. The lowest BCUT2D eigenvalue weighted by molar-refractivity contribution is -0.123. The SMILES string of the molecule is CCCNS(=O)(=O)c1ccc(OCC(=O)NN)cc1. The van der Waals surface area contributed by atoms with Gasteiger partial charge >= 0.3 is 0 Å². The highest BCUT2D eigenvalue weighted by atomic mass is 32.2. The van der Waals surface area contributed by atoms with Gasteiger partial charge in [-0.3, -0.25) is 10.2 Å². The van der Waals surface area contributed by atoms with Gasteiger partial charge in [-0.05, 0) is 30.7 Å². The summed E-state index contributed by atoms with van der Waals surface area (Å²) in [5.74, 6) is 4.81. The predicted octanol–water partition coefficient (Wildman–Crippen LogP) is -0.256. The summed E-state index contributed by atoms with van der Waals surface area (Å²) < 4.78 is 31.1. The fourth-order valence-electron chi connectivity index (χ4n) is 1.23. The van der Waals surface area contributed by atoms with E-state index < -0.39 is 15.9 Å². The Morgan fingerprint density at radius 2 is 1.95 bits per heavy atom. The number of hydrogen-bond acceptors (Lipinski definition) is 5. The third-order valence-electron chi connectivity index (χ3n) is 2.21. The Morgan fingerprint density at radius 1 is 1.32 bits per heavy atom. The first-order chi connectivity index (χ1) is 8.99. The molecule has 1 aromatic carbocycles. The fraction of sp³-hybridized carbons (Fsp3) is 0.364. The topological polar surface area (TPSA) is 111 Å². The zero-order chi connectivity index (χ0) is 14.3. The molecule has 0 bridgehead atoms. The van der Waals surface area contributed by atoms with Crippen molar-refractivity contribution in [1.29, 1.82) is 0 Å². The smallest absolute Gasteiger partial charge is 0.271 e. The fourth-order valence-corrected chi connectivity index (χ4v) is 2.36. The number of carbonyl (C=O) groups is 1. The number of nitrogens with two attached hydrogens (primary N) is 1. The maximum Gasteiger partial charge on any atom is 0.271 e. The third-order valence-corrected chi connectivity index (χ3v) is 3.68. The Bertz CT molecular complexity index is 513. The van der Waals surface area contributed by atoms with E-state index in [1.165, 1.54) is 24.3 Å². The predicted molar refractivity (Wildman–Crippen MR) is 69.7 cm³/mol. The molecule has 0 aromatic heterocycles. The minimum Gasteiger partial charge on any atom is -0.484 e. The molecular weight excluding hydrogens is 270 g/mol. The minimum absolute atomic E-state index is 0.150. The van der Waals surface area contributed by atoms with E-state index in [9.17, 15) is 13.2 Å². The number of ether oxygens (including phenoxy) is 1. The molecule has 1 rings (SSSR count). The van der Waals surface area contributed by atoms with Crippen LogP contribution < -0.4 is 20.7 Å². The quantitative estimate of drug-likeness (QED) is 0.364. The van der Waals surface area contributed by atoms with Crippen molar-refractivity contribution < 1.29 is 17.9 Å². The minimum atomic E-state index is -3.48. The summed E-state index contributed by atoms with van der Waals surface area (Å²) in [5, 5.41) is 0. The van der Waals surface area contributed by atoms with Crippen LogP contribution in [0.1, 0.15) is 13.3 Å². The average Bonchev–Trinajstić information content (AvgIpc) is 2.43. The number of sulfonamides is 1. The number of carbonyl (C=O) groups excluding carboxylic acids is 1. The van der Waals surface area contributed by atoms with Gasteiger partial charge in [0, 0.05) is 6.54 Å². The molecule has 0 unspecified atom stereocenters. The lowest BCUT2D eigenvalue weighted by atomic mass is 10.3. The summed E-state index contributed by atoms with van der Waals surface area (Å²) in [4.78, 5) is 11.0. The monoisotopic (exact) mass is 287 g/mol. The molecule has 1 aromatic rings. The van der Waals surface area contributed by atoms with Crippen LogP contribution in [0, 0.1) is 0 Å². The van der Waals surface area contributed by atoms with Crippen molar-refractivity contribution in [2.45, 2.75) is 18.2 Å². The van der Waals surface area contributed by atoms with Crippen LogP contribution in [0.5, 0.6) is 5.75 Å². The van der Waals surface area contributed by atoms with E-state index in [1.807, 2.05) is 12.3 Å². The molecule has 106 valence electrons. The van der Waals surface area contributed by atoms with Gasteiger partial charge in [-0.2, -0.15) is 0 Å². The van der Waals surface area contributed by atoms with Gasteiger partial charge in [-0.25, -0.2) is 19.0 Å². The van der Waals surface area contributed by atoms with E-state index in [4.69, 9.17) is 10.6 Å². The van der Waals surface area contributed by atoms with Crippen LogP contribution in [0.15, 0.2) is 29.2 Å². The Balaban J connectivity index is 2.68. The first-order valence-electron chi connectivity index (χ1n) is 5.71. The lowest BCUT2D eigenvalue weighted by Crippen LogP contribution is -2.34. The van der Waals surface area contributed by atoms with E-state index in [-0.39, 0.29) is 11.5 Å². The molecule has 0 atom stereocenters. The van der Waals surface area contributed by atoms with Crippen molar-refractivity contribution in [3.63, 3.8) is 0 Å². The molecule has 4 N–H and O–H groups in total. The van der Waals surface area contributed by atoms with Gasteiger partial charge < -0.3 is 4.74 Å². The first-order valence-corrected chi connectivity index (χ1v) is 7.20. The molecule has 0 heterocycles. The van der Waals surface area contributed by atoms with Crippen molar-refractivity contribution in [3.05, 3.63) is 24.3 Å². The molecule has 0 aliphatic heterocycles. The summed E-state index contributed by atoms with van der Waals surface area (Å²) in [5.41, 5.74) is 1.92. The number of nitrogens with one attached hydrogen (secondary N) is 2. The second-order valence-electron chi connectivity index (χ2n) is 3.73. The summed E-state index contributed by atoms with van der Waals surface area (Å²) in [7, 11) is -3.48. The van der Waals surface area contributed by atoms with Gasteiger partial charge in [0.2, 0.25) is 10.0 Å². The van der Waals surface area contributed by atoms with Gasteiger partial charge in [0.05, 0.1) is 4.90 Å². The zero-order valence-corrected chi connectivity index (χ0v) is 11.4. The average molecular weight is 287 g/mol. The molecule has 0 saturated heterocycles. The van der Waals surface area contributed by atoms with E-state index in [0.29, 0.717) is 18.7 Å². The molecule has 0 fully saturated rings. The van der Waals surface area contributed by atoms with Crippen molar-refractivity contribution in [1.82, 2.24) is 10.1 Å². The molecule has 7 nitrogen and oxygen atoms in total. The first kappa shape index (κ1) is 15.4. The van der Waals surface area contributed by atoms with Crippen molar-refractivity contribution in [2.75, 3.05) is 13.2 Å². The van der Waals surface area contributed by atoms with Crippen LogP contribution in [-0.4, -0.2) is 27.5 Å². The molecular formula is C11H17N3O4S. The van der Waals surface area contributed by atoms with Gasteiger partial charge in [0.1, 0.15) is 5.75 Å². The largest absolute Gasteiger partial charge is 0.484 e. The van der Waals surface area contributed by atoms with Crippen LogP contribution in [-0.2, 0) is 14.8 Å². The van der Waals surface area contributed by atoms with Crippen molar-refractivity contribution in [2.24, 2.45) is 5.84 Å². The lowest BCUT2D eigenvalue weighted by Gasteiger charge is -2.07. The molecule has 1 amide bonds. The second kappa shape index (κ2) is 7.07. The van der Waals surface area contributed by atoms with Gasteiger partial charge in [-0.1, -0.05) is 6.92 Å². The summed E-state index contributed by atoms with van der Waals surface area (Å²) >= 11 is 0. The standard InChI is InChI=1S/C11H17N3O4S/c1-2-7-13-19(16,17)10-5-3-9(4-6-10)18-8-11(15)14-12/h3-6,13H,2,7-8,12H2,1H3,(H,14,15). The van der Waals surface area contributed by atoms with Crippen molar-refractivity contribution >= 4 is 15.9 Å². The Hall–Kier alpha value is -1.64. The molecule has 8 heteroatoms. The molecule has 19 heavy (non-hydrogen) atoms. The van der Waals surface area contributed by atoms with E-state index in [2.05, 4.69) is 4.72 Å². The highest BCUT2D eigenvalue weighted by Crippen LogP contribution is 2.15. The third kappa shape index (κ3) is 4.86.